The van der Waals surface area contributed by atoms with Gasteiger partial charge in [-0.05, 0) is 288 Å². The molecule has 0 N–H and O–H groups in total. The Morgan fingerprint density at radius 2 is 0.395 bits per heavy atom. The van der Waals surface area contributed by atoms with Crippen LogP contribution in [0.15, 0.2) is 255 Å². The van der Waals surface area contributed by atoms with Gasteiger partial charge < -0.3 is 0 Å². The minimum Gasteiger partial charge on any atom is -0.0654 e. The van der Waals surface area contributed by atoms with Crippen molar-refractivity contribution >= 4 is 21.5 Å². The number of fused-ring (bicyclic) bond motifs is 16. The van der Waals surface area contributed by atoms with Gasteiger partial charge in [-0.15, -0.1) is 0 Å². The maximum Gasteiger partial charge on any atom is 0.0215 e. The summed E-state index contributed by atoms with van der Waals surface area (Å²) in [7, 11) is 0. The van der Waals surface area contributed by atoms with Crippen LogP contribution in [-0.2, 0) is 21.7 Å². The summed E-state index contributed by atoms with van der Waals surface area (Å²) in [6, 6.07) is 101. The van der Waals surface area contributed by atoms with Crippen LogP contribution in [0.2, 0.25) is 0 Å². The molecule has 0 amide bonds. The van der Waals surface area contributed by atoms with Crippen LogP contribution < -0.4 is 0 Å². The van der Waals surface area contributed by atoms with Crippen LogP contribution >= 0.6 is 0 Å². The lowest BCUT2D eigenvalue weighted by molar-refractivity contribution is 0.394. The molecule has 0 saturated carbocycles. The number of hydrogen-bond donors (Lipinski definition) is 0. The Morgan fingerprint density at radius 3 is 0.675 bits per heavy atom. The first-order valence-electron chi connectivity index (χ1n) is 45.1. The van der Waals surface area contributed by atoms with E-state index in [9.17, 15) is 0 Å². The molecule has 0 saturated heterocycles. The van der Waals surface area contributed by atoms with Gasteiger partial charge in [-0.2, -0.15) is 0 Å². The molecule has 0 nitrogen and oxygen atoms in total. The molecule has 0 aromatic heterocycles. The molecular weight excluding hydrogens is 1370 g/mol. The normalized spacial score (nSPS) is 14.5. The van der Waals surface area contributed by atoms with E-state index in [0.717, 1.165) is 0 Å². The molecule has 0 atom stereocenters. The lowest BCUT2D eigenvalue weighted by Crippen LogP contribution is -2.27. The summed E-state index contributed by atoms with van der Waals surface area (Å²) in [5, 5.41) is 5.41. The lowest BCUT2D eigenvalue weighted by Gasteiger charge is -2.35. The highest BCUT2D eigenvalue weighted by Crippen LogP contribution is 2.66. The summed E-state index contributed by atoms with van der Waals surface area (Å²) in [5.74, 6) is 0. The Balaban J connectivity index is 0.877. The molecule has 114 heavy (non-hydrogen) atoms. The fourth-order valence-corrected chi connectivity index (χ4v) is 22.0. The quantitative estimate of drug-likeness (QED) is 0.0353. The van der Waals surface area contributed by atoms with Crippen LogP contribution in [0.4, 0.5) is 0 Å². The smallest absolute Gasteiger partial charge is 0.0215 e. The van der Waals surface area contributed by atoms with E-state index in [2.05, 4.69) is 310 Å². The molecule has 0 heteroatoms. The van der Waals surface area contributed by atoms with Gasteiger partial charge in [0.25, 0.3) is 0 Å². The number of hydrogen-bond acceptors (Lipinski definition) is 0. The second kappa shape index (κ2) is 33.3. The highest BCUT2D eigenvalue weighted by molar-refractivity contribution is 6.12. The molecule has 0 fully saturated rings. The molecule has 0 aliphatic heterocycles. The van der Waals surface area contributed by atoms with Gasteiger partial charge in [0.15, 0.2) is 0 Å². The van der Waals surface area contributed by atoms with Gasteiger partial charge in [0.05, 0.1) is 0 Å². The van der Waals surface area contributed by atoms with Gasteiger partial charge in [-0.3, -0.25) is 0 Å². The third-order valence-corrected chi connectivity index (χ3v) is 28.2. The standard InChI is InChI=1S/C114H122/c1-9-13-17-21-25-45-61-113(62-46-26-22-18-14-10-2)103-75-98-96-74-102-100(110-92-60-44-42-58-90(92)94(72-108(110)112(102,7)8)88-69-85(81-53-37-31-38-54-81)66-86(70-88)82-55-39-32-40-56-82)78-106(96)114(63-47-27-23-19-15-11-3,64-48-28-24-20-16-12-4)104(98)76-97(103)95-73-101-99(77-105(95)113)109-91-59-43-41-57-89(91)93(71-107(109)111(101,5)6)87-67-83(79-49-33-29-34-50-79)65-84(68-87)80-51-35-30-36-52-80/h29-44,49-60,65-78H,9-28,45-48,61-64H2,1-8H3. The highest BCUT2D eigenvalue weighted by atomic mass is 14.5. The van der Waals surface area contributed by atoms with Gasteiger partial charge >= 0.3 is 0 Å². The highest BCUT2D eigenvalue weighted by Gasteiger charge is 2.51. The van der Waals surface area contributed by atoms with Gasteiger partial charge in [0, 0.05) is 21.7 Å². The average Bonchev–Trinajstić information content (AvgIpc) is 1.49. The molecule has 0 radical (unpaired) electrons. The predicted octanol–water partition coefficient (Wildman–Crippen LogP) is 34.1. The van der Waals surface area contributed by atoms with Crippen molar-refractivity contribution in [2.75, 3.05) is 0 Å². The lowest BCUT2D eigenvalue weighted by atomic mass is 9.68. The first kappa shape index (κ1) is 77.0. The van der Waals surface area contributed by atoms with Crippen LogP contribution in [-0.4, -0.2) is 0 Å². The number of unbranched alkanes of at least 4 members (excludes halogenated alkanes) is 20. The summed E-state index contributed by atoms with van der Waals surface area (Å²) in [4.78, 5) is 0. The van der Waals surface area contributed by atoms with E-state index in [0.29, 0.717) is 0 Å². The Hall–Kier alpha value is -9.62. The zero-order valence-electron chi connectivity index (χ0n) is 70.0. The fraction of sp³-hybridized carbons (Fsp3) is 0.351. The molecule has 0 bridgehead atoms. The molecule has 4 aliphatic rings. The van der Waals surface area contributed by atoms with E-state index in [4.69, 9.17) is 0 Å². The van der Waals surface area contributed by atoms with Gasteiger partial charge in [-0.1, -0.05) is 379 Å². The molecule has 13 aromatic rings. The minimum atomic E-state index is -0.278. The zero-order chi connectivity index (χ0) is 78.0. The molecule has 0 heterocycles. The van der Waals surface area contributed by atoms with Crippen molar-refractivity contribution in [3.05, 3.63) is 299 Å². The van der Waals surface area contributed by atoms with Crippen molar-refractivity contribution < 1.29 is 0 Å². The van der Waals surface area contributed by atoms with Crippen LogP contribution in [0.25, 0.3) is 133 Å². The van der Waals surface area contributed by atoms with Crippen molar-refractivity contribution in [2.24, 2.45) is 0 Å². The SMILES string of the molecule is CCCCCCCCC1(CCCCCCCC)c2cc3c(cc2-c2cc4c(cc21)-c1cc2c(cc1C4(CCCCCCCC)CCCCCCCC)-c1c(cc(-c4cc(-c5ccccc5)cc(-c5ccccc5)c4)c4ccccc14)C2(C)C)C(C)(C)c1cc(-c2cc(-c4ccccc4)cc(-c4ccccc4)c2)c2ccccc2c1-3. The molecular formula is C114H122. The number of rotatable bonds is 34. The first-order chi connectivity index (χ1) is 55.9. The van der Waals surface area contributed by atoms with E-state index >= 15 is 0 Å². The molecule has 13 aromatic carbocycles. The van der Waals surface area contributed by atoms with Crippen molar-refractivity contribution in [3.8, 4) is 111 Å². The van der Waals surface area contributed by atoms with Crippen molar-refractivity contribution in [1.29, 1.82) is 0 Å². The Kier molecular flexibility index (Phi) is 22.5. The van der Waals surface area contributed by atoms with Crippen molar-refractivity contribution in [3.63, 3.8) is 0 Å². The topological polar surface area (TPSA) is 0 Å². The van der Waals surface area contributed by atoms with E-state index in [1.54, 1.807) is 33.4 Å². The first-order valence-corrected chi connectivity index (χ1v) is 45.1. The zero-order valence-corrected chi connectivity index (χ0v) is 70.0. The summed E-state index contributed by atoms with van der Waals surface area (Å²) < 4.78 is 0. The third kappa shape index (κ3) is 14.2. The maximum atomic E-state index is 2.94. The largest absolute Gasteiger partial charge is 0.0654 e. The van der Waals surface area contributed by atoms with Crippen LogP contribution in [0.1, 0.15) is 280 Å². The van der Waals surface area contributed by atoms with Crippen LogP contribution in [0, 0.1) is 0 Å². The van der Waals surface area contributed by atoms with Crippen molar-refractivity contribution in [1.82, 2.24) is 0 Å². The second-order valence-electron chi connectivity index (χ2n) is 36.2. The molecule has 4 aliphatic carbocycles. The molecule has 0 spiro atoms. The predicted molar refractivity (Wildman–Crippen MR) is 494 cm³/mol. The van der Waals surface area contributed by atoms with Gasteiger partial charge in [-0.25, -0.2) is 0 Å². The summed E-state index contributed by atoms with van der Waals surface area (Å²) >= 11 is 0. The Bertz CT molecular complexity index is 5110. The Labute approximate surface area is 684 Å². The van der Waals surface area contributed by atoms with Gasteiger partial charge in [0.1, 0.15) is 0 Å². The van der Waals surface area contributed by atoms with E-state index in [-0.39, 0.29) is 21.7 Å². The monoisotopic (exact) mass is 1490 g/mol. The summed E-state index contributed by atoms with van der Waals surface area (Å²) in [6.45, 7) is 19.8. The molecule has 0 unspecified atom stereocenters. The summed E-state index contributed by atoms with van der Waals surface area (Å²) in [6.07, 6.45) is 35.8. The second-order valence-corrected chi connectivity index (χ2v) is 36.2. The van der Waals surface area contributed by atoms with Crippen molar-refractivity contribution in [2.45, 2.75) is 257 Å². The van der Waals surface area contributed by atoms with Crippen LogP contribution in [0.5, 0.6) is 0 Å². The molecule has 17 rings (SSSR count). The average molecular weight is 1490 g/mol. The minimum absolute atomic E-state index is 0.150. The Morgan fingerprint density at radius 1 is 0.175 bits per heavy atom. The third-order valence-electron chi connectivity index (χ3n) is 28.2. The van der Waals surface area contributed by atoms with E-state index in [1.807, 2.05) is 0 Å². The summed E-state index contributed by atoms with van der Waals surface area (Å²) in [5.41, 5.74) is 38.7. The molecule has 578 valence electrons. The van der Waals surface area contributed by atoms with Crippen LogP contribution in [0.3, 0.4) is 0 Å². The van der Waals surface area contributed by atoms with Gasteiger partial charge in [0.2, 0.25) is 0 Å². The maximum absolute atomic E-state index is 2.94. The van der Waals surface area contributed by atoms with E-state index < -0.39 is 0 Å². The fourth-order valence-electron chi connectivity index (χ4n) is 22.0. The number of benzene rings is 13. The van der Waals surface area contributed by atoms with E-state index in [1.165, 1.54) is 324 Å².